The van der Waals surface area contributed by atoms with Crippen LogP contribution in [0.3, 0.4) is 0 Å². The molecule has 3 rings (SSSR count). The normalized spacial score (nSPS) is 11.0. The first-order valence-electron chi connectivity index (χ1n) is 6.29. The smallest absolute Gasteiger partial charge is 0.142 e. The van der Waals surface area contributed by atoms with Crippen LogP contribution in [-0.2, 0) is 6.61 Å². The molecule has 0 aliphatic rings. The van der Waals surface area contributed by atoms with Crippen LogP contribution in [0.5, 0.6) is 0 Å². The number of hydrogen-bond donors (Lipinski definition) is 1. The summed E-state index contributed by atoms with van der Waals surface area (Å²) in [5.41, 5.74) is 1.27. The summed E-state index contributed by atoms with van der Waals surface area (Å²) in [6, 6.07) is 12.6. The minimum absolute atomic E-state index is 0.0439. The first kappa shape index (κ1) is 14.3. The van der Waals surface area contributed by atoms with Crippen molar-refractivity contribution in [3.05, 3.63) is 65.1 Å². The Morgan fingerprint density at radius 2 is 1.95 bits per heavy atom. The van der Waals surface area contributed by atoms with E-state index in [9.17, 15) is 9.50 Å². The second kappa shape index (κ2) is 6.02. The molecule has 0 aliphatic heterocycles. The Balaban J connectivity index is 2.20. The number of rotatable bonds is 3. The van der Waals surface area contributed by atoms with E-state index >= 15 is 0 Å². The SMILES string of the molecule is OCc1cnc2cc(Cl)c(F)cc2c1Sc1ccccc1. The number of aromatic nitrogens is 1. The number of nitrogens with zero attached hydrogens (tertiary/aromatic N) is 1. The van der Waals surface area contributed by atoms with Crippen LogP contribution in [0, 0.1) is 5.82 Å². The topological polar surface area (TPSA) is 33.1 Å². The number of hydrogen-bond acceptors (Lipinski definition) is 3. The Hall–Kier alpha value is -1.62. The van der Waals surface area contributed by atoms with Crippen molar-refractivity contribution in [2.45, 2.75) is 16.4 Å². The largest absolute Gasteiger partial charge is 0.392 e. The lowest BCUT2D eigenvalue weighted by Gasteiger charge is -2.11. The standard InChI is InChI=1S/C16H11ClFNOS/c17-13-7-15-12(6-14(13)18)16(10(9-20)8-19-15)21-11-4-2-1-3-5-11/h1-8,20H,9H2. The number of benzene rings is 2. The molecule has 106 valence electrons. The molecule has 0 amide bonds. The predicted molar refractivity (Wildman–Crippen MR) is 83.2 cm³/mol. The lowest BCUT2D eigenvalue weighted by molar-refractivity contribution is 0.279. The maximum absolute atomic E-state index is 13.8. The molecule has 1 heterocycles. The van der Waals surface area contributed by atoms with Crippen molar-refractivity contribution in [2.75, 3.05) is 0 Å². The second-order valence-electron chi connectivity index (χ2n) is 4.47. The van der Waals surface area contributed by atoms with E-state index in [0.717, 1.165) is 9.79 Å². The van der Waals surface area contributed by atoms with Gasteiger partial charge in [-0.05, 0) is 24.3 Å². The summed E-state index contributed by atoms with van der Waals surface area (Å²) in [7, 11) is 0. The van der Waals surface area contributed by atoms with Crippen LogP contribution in [0.4, 0.5) is 4.39 Å². The minimum Gasteiger partial charge on any atom is -0.392 e. The zero-order valence-electron chi connectivity index (χ0n) is 10.9. The zero-order chi connectivity index (χ0) is 14.8. The molecular formula is C16H11ClFNOS. The van der Waals surface area contributed by atoms with Gasteiger partial charge in [0.2, 0.25) is 0 Å². The molecule has 0 saturated carbocycles. The predicted octanol–water partition coefficient (Wildman–Crippen LogP) is 4.67. The van der Waals surface area contributed by atoms with Crippen molar-refractivity contribution in [1.29, 1.82) is 0 Å². The van der Waals surface area contributed by atoms with Crippen molar-refractivity contribution in [3.63, 3.8) is 0 Å². The molecule has 0 unspecified atom stereocenters. The van der Waals surface area contributed by atoms with Gasteiger partial charge in [-0.2, -0.15) is 0 Å². The summed E-state index contributed by atoms with van der Waals surface area (Å²) in [4.78, 5) is 6.04. The summed E-state index contributed by atoms with van der Waals surface area (Å²) < 4.78 is 13.8. The molecule has 0 fully saturated rings. The molecule has 3 aromatic rings. The lowest BCUT2D eigenvalue weighted by Crippen LogP contribution is -1.93. The molecule has 2 aromatic carbocycles. The molecule has 2 nitrogen and oxygen atoms in total. The van der Waals surface area contributed by atoms with Crippen LogP contribution < -0.4 is 0 Å². The monoisotopic (exact) mass is 319 g/mol. The van der Waals surface area contributed by atoms with E-state index in [1.165, 1.54) is 23.9 Å². The third-order valence-corrected chi connectivity index (χ3v) is 4.55. The van der Waals surface area contributed by atoms with E-state index < -0.39 is 5.82 Å². The van der Waals surface area contributed by atoms with Gasteiger partial charge in [0.1, 0.15) is 5.82 Å². The third kappa shape index (κ3) is 2.88. The highest BCUT2D eigenvalue weighted by Crippen LogP contribution is 2.37. The first-order valence-corrected chi connectivity index (χ1v) is 7.49. The number of aliphatic hydroxyl groups is 1. The maximum Gasteiger partial charge on any atom is 0.142 e. The average Bonchev–Trinajstić information content (AvgIpc) is 2.50. The van der Waals surface area contributed by atoms with Gasteiger partial charge >= 0.3 is 0 Å². The number of halogens is 2. The van der Waals surface area contributed by atoms with E-state index in [2.05, 4.69) is 4.98 Å². The Morgan fingerprint density at radius 3 is 2.67 bits per heavy atom. The van der Waals surface area contributed by atoms with Crippen LogP contribution in [0.25, 0.3) is 10.9 Å². The maximum atomic E-state index is 13.8. The number of fused-ring (bicyclic) bond motifs is 1. The summed E-state index contributed by atoms with van der Waals surface area (Å²) in [5.74, 6) is -0.490. The van der Waals surface area contributed by atoms with E-state index in [-0.39, 0.29) is 11.6 Å². The average molecular weight is 320 g/mol. The van der Waals surface area contributed by atoms with Gasteiger partial charge in [-0.15, -0.1) is 0 Å². The fourth-order valence-electron chi connectivity index (χ4n) is 2.04. The number of pyridine rings is 1. The Labute approximate surface area is 130 Å². The molecule has 1 N–H and O–H groups in total. The molecule has 0 saturated heterocycles. The molecule has 0 aliphatic carbocycles. The quantitative estimate of drug-likeness (QED) is 0.761. The van der Waals surface area contributed by atoms with Crippen LogP contribution in [0.1, 0.15) is 5.56 Å². The summed E-state index contributed by atoms with van der Waals surface area (Å²) in [6.45, 7) is -0.150. The number of aliphatic hydroxyl groups excluding tert-OH is 1. The van der Waals surface area contributed by atoms with Crippen LogP contribution >= 0.6 is 23.4 Å². The van der Waals surface area contributed by atoms with Gasteiger partial charge in [0, 0.05) is 26.9 Å². The molecular weight excluding hydrogens is 309 g/mol. The Bertz CT molecular complexity index is 795. The highest BCUT2D eigenvalue weighted by molar-refractivity contribution is 7.99. The molecule has 21 heavy (non-hydrogen) atoms. The molecule has 0 spiro atoms. The van der Waals surface area contributed by atoms with Crippen molar-refractivity contribution in [1.82, 2.24) is 4.98 Å². The minimum atomic E-state index is -0.490. The zero-order valence-corrected chi connectivity index (χ0v) is 12.5. The molecule has 0 bridgehead atoms. The van der Waals surface area contributed by atoms with E-state index in [1.54, 1.807) is 6.20 Å². The third-order valence-electron chi connectivity index (χ3n) is 3.07. The molecule has 5 heteroatoms. The van der Waals surface area contributed by atoms with Gasteiger partial charge in [0.05, 0.1) is 17.1 Å². The lowest BCUT2D eigenvalue weighted by atomic mass is 10.1. The van der Waals surface area contributed by atoms with E-state index in [4.69, 9.17) is 11.6 Å². The van der Waals surface area contributed by atoms with Gasteiger partial charge in [-0.25, -0.2) is 4.39 Å². The summed E-state index contributed by atoms with van der Waals surface area (Å²) in [5, 5.41) is 10.2. The second-order valence-corrected chi connectivity index (χ2v) is 5.96. The van der Waals surface area contributed by atoms with Crippen molar-refractivity contribution in [2.24, 2.45) is 0 Å². The van der Waals surface area contributed by atoms with E-state index in [0.29, 0.717) is 16.5 Å². The van der Waals surface area contributed by atoms with Crippen LogP contribution in [-0.4, -0.2) is 10.1 Å². The highest BCUT2D eigenvalue weighted by atomic mass is 35.5. The fraction of sp³-hybridized carbons (Fsp3) is 0.0625. The van der Waals surface area contributed by atoms with Gasteiger partial charge in [-0.1, -0.05) is 41.6 Å². The van der Waals surface area contributed by atoms with Crippen molar-refractivity contribution < 1.29 is 9.50 Å². The van der Waals surface area contributed by atoms with Crippen molar-refractivity contribution >= 4 is 34.3 Å². The summed E-state index contributed by atoms with van der Waals surface area (Å²) in [6.07, 6.45) is 1.60. The van der Waals surface area contributed by atoms with E-state index in [1.807, 2.05) is 30.3 Å². The van der Waals surface area contributed by atoms with Crippen molar-refractivity contribution in [3.8, 4) is 0 Å². The van der Waals surface area contributed by atoms with Gasteiger partial charge in [0.25, 0.3) is 0 Å². The highest BCUT2D eigenvalue weighted by Gasteiger charge is 2.13. The molecule has 0 atom stereocenters. The molecule has 1 aromatic heterocycles. The van der Waals surface area contributed by atoms with Gasteiger partial charge in [-0.3, -0.25) is 4.98 Å². The van der Waals surface area contributed by atoms with Crippen LogP contribution in [0.2, 0.25) is 5.02 Å². The van der Waals surface area contributed by atoms with Gasteiger partial charge in [0.15, 0.2) is 0 Å². The molecule has 0 radical (unpaired) electrons. The van der Waals surface area contributed by atoms with Gasteiger partial charge < -0.3 is 5.11 Å². The Morgan fingerprint density at radius 1 is 1.19 bits per heavy atom. The fourth-order valence-corrected chi connectivity index (χ4v) is 3.25. The van der Waals surface area contributed by atoms with Crippen LogP contribution in [0.15, 0.2) is 58.5 Å². The summed E-state index contributed by atoms with van der Waals surface area (Å²) >= 11 is 7.28. The Kier molecular flexibility index (Phi) is 4.10. The first-order chi connectivity index (χ1) is 10.2.